The third-order valence-corrected chi connectivity index (χ3v) is 3.88. The zero-order chi connectivity index (χ0) is 12.0. The summed E-state index contributed by atoms with van der Waals surface area (Å²) in [5.41, 5.74) is 0. The number of aliphatic carboxylic acids is 1. The first-order valence-corrected chi connectivity index (χ1v) is 5.97. The van der Waals surface area contributed by atoms with Gasteiger partial charge in [0.25, 0.3) is 0 Å². The van der Waals surface area contributed by atoms with E-state index >= 15 is 0 Å². The number of carbonyl (C=O) groups is 1. The summed E-state index contributed by atoms with van der Waals surface area (Å²) in [7, 11) is 0. The van der Waals surface area contributed by atoms with Crippen molar-refractivity contribution in [1.29, 1.82) is 0 Å². The number of rotatable bonds is 2. The number of fused-ring (bicyclic) bond motifs is 2. The van der Waals surface area contributed by atoms with Gasteiger partial charge in [-0.1, -0.05) is 0 Å². The zero-order valence-corrected chi connectivity index (χ0v) is 9.71. The number of aryl methyl sites for hydroxylation is 1. The number of carboxylic acid groups (broad SMARTS) is 1. The summed E-state index contributed by atoms with van der Waals surface area (Å²) in [6, 6.07) is 2.34. The largest absolute Gasteiger partial charge is 0.481 e. The number of hydrogen-bond donors (Lipinski definition) is 1. The molecule has 3 rings (SSSR count). The maximum Gasteiger partial charge on any atom is 0.308 e. The minimum absolute atomic E-state index is 0.117. The molecule has 2 bridgehead atoms. The number of carboxylic acids is 1. The Kier molecular flexibility index (Phi) is 2.28. The van der Waals surface area contributed by atoms with Crippen molar-refractivity contribution in [2.45, 2.75) is 38.3 Å². The molecule has 2 saturated heterocycles. The van der Waals surface area contributed by atoms with E-state index < -0.39 is 5.97 Å². The van der Waals surface area contributed by atoms with E-state index in [0.29, 0.717) is 6.04 Å². The third-order valence-electron chi connectivity index (χ3n) is 3.88. The minimum atomic E-state index is -0.673. The van der Waals surface area contributed by atoms with E-state index in [1.54, 1.807) is 6.20 Å². The molecule has 5 heteroatoms. The predicted molar refractivity (Wildman–Crippen MR) is 61.8 cm³/mol. The Morgan fingerprint density at radius 1 is 1.53 bits per heavy atom. The second-order valence-corrected chi connectivity index (χ2v) is 4.85. The normalized spacial score (nSPS) is 30.9. The number of aromatic nitrogens is 2. The van der Waals surface area contributed by atoms with Crippen LogP contribution < -0.4 is 4.90 Å². The molecule has 90 valence electrons. The lowest BCUT2D eigenvalue weighted by molar-refractivity contribution is -0.142. The van der Waals surface area contributed by atoms with Gasteiger partial charge in [-0.15, -0.1) is 0 Å². The molecule has 17 heavy (non-hydrogen) atoms. The van der Waals surface area contributed by atoms with Crippen molar-refractivity contribution in [2.24, 2.45) is 5.92 Å². The smallest absolute Gasteiger partial charge is 0.308 e. The van der Waals surface area contributed by atoms with E-state index in [0.717, 1.165) is 30.9 Å². The van der Waals surface area contributed by atoms with Crippen LogP contribution in [0.3, 0.4) is 0 Å². The highest BCUT2D eigenvalue weighted by Gasteiger charge is 2.49. The summed E-state index contributed by atoms with van der Waals surface area (Å²) in [4.78, 5) is 21.9. The highest BCUT2D eigenvalue weighted by molar-refractivity contribution is 5.73. The molecule has 0 aromatic carbocycles. The first-order valence-electron chi connectivity index (χ1n) is 5.97. The highest BCUT2D eigenvalue weighted by atomic mass is 16.4. The van der Waals surface area contributed by atoms with Gasteiger partial charge in [-0.05, 0) is 32.3 Å². The second-order valence-electron chi connectivity index (χ2n) is 4.85. The molecule has 3 unspecified atom stereocenters. The van der Waals surface area contributed by atoms with Gasteiger partial charge >= 0.3 is 5.97 Å². The van der Waals surface area contributed by atoms with E-state index in [9.17, 15) is 9.90 Å². The predicted octanol–water partition coefficient (Wildman–Crippen LogP) is 1.23. The maximum absolute atomic E-state index is 11.2. The first-order chi connectivity index (χ1) is 8.16. The van der Waals surface area contributed by atoms with Crippen LogP contribution in [0.4, 0.5) is 5.82 Å². The van der Waals surface area contributed by atoms with Gasteiger partial charge in [-0.3, -0.25) is 4.79 Å². The van der Waals surface area contributed by atoms with Gasteiger partial charge < -0.3 is 10.0 Å². The van der Waals surface area contributed by atoms with Gasteiger partial charge in [-0.2, -0.15) is 0 Å². The fourth-order valence-electron chi connectivity index (χ4n) is 3.20. The van der Waals surface area contributed by atoms with Crippen LogP contribution >= 0.6 is 0 Å². The molecule has 2 aliphatic rings. The summed E-state index contributed by atoms with van der Waals surface area (Å²) in [6.45, 7) is 1.86. The van der Waals surface area contributed by atoms with Crippen LogP contribution in [0.15, 0.2) is 12.3 Å². The van der Waals surface area contributed by atoms with E-state index in [1.165, 1.54) is 0 Å². The summed E-state index contributed by atoms with van der Waals surface area (Å²) < 4.78 is 0. The van der Waals surface area contributed by atoms with Crippen molar-refractivity contribution in [2.75, 3.05) is 4.90 Å². The molecule has 1 N–H and O–H groups in total. The first kappa shape index (κ1) is 10.5. The molecular formula is C12H15N3O2. The SMILES string of the molecule is Cc1nccc(N2C3CCC2C(C(=O)O)C3)n1. The highest BCUT2D eigenvalue weighted by Crippen LogP contribution is 2.43. The second kappa shape index (κ2) is 3.68. The van der Waals surface area contributed by atoms with Gasteiger partial charge in [0.15, 0.2) is 0 Å². The van der Waals surface area contributed by atoms with Crippen LogP contribution in [0.5, 0.6) is 0 Å². The lowest BCUT2D eigenvalue weighted by Crippen LogP contribution is -2.33. The topological polar surface area (TPSA) is 66.3 Å². The zero-order valence-electron chi connectivity index (χ0n) is 9.71. The molecule has 3 atom stereocenters. The molecule has 0 spiro atoms. The van der Waals surface area contributed by atoms with Gasteiger partial charge in [0, 0.05) is 18.3 Å². The van der Waals surface area contributed by atoms with Gasteiger partial charge in [0.05, 0.1) is 5.92 Å². The Bertz CT molecular complexity index is 463. The van der Waals surface area contributed by atoms with E-state index in [-0.39, 0.29) is 12.0 Å². The summed E-state index contributed by atoms with van der Waals surface area (Å²) in [6.07, 6.45) is 4.54. The van der Waals surface area contributed by atoms with E-state index in [1.807, 2.05) is 13.0 Å². The molecule has 5 nitrogen and oxygen atoms in total. The van der Waals surface area contributed by atoms with Crippen LogP contribution in [-0.4, -0.2) is 33.1 Å². The molecule has 0 saturated carbocycles. The van der Waals surface area contributed by atoms with Gasteiger partial charge in [0.2, 0.25) is 0 Å². The van der Waals surface area contributed by atoms with Crippen LogP contribution in [-0.2, 0) is 4.79 Å². The Morgan fingerprint density at radius 2 is 2.35 bits per heavy atom. The van der Waals surface area contributed by atoms with Crippen LogP contribution in [0, 0.1) is 12.8 Å². The Labute approximate surface area is 99.5 Å². The number of anilines is 1. The number of hydrogen-bond acceptors (Lipinski definition) is 4. The lowest BCUT2D eigenvalue weighted by atomic mass is 9.89. The Hall–Kier alpha value is -1.65. The molecule has 1 aromatic rings. The lowest BCUT2D eigenvalue weighted by Gasteiger charge is -2.24. The monoisotopic (exact) mass is 233 g/mol. The molecule has 2 fully saturated rings. The molecular weight excluding hydrogens is 218 g/mol. The third kappa shape index (κ3) is 1.57. The summed E-state index contributed by atoms with van der Waals surface area (Å²) in [5, 5.41) is 9.20. The molecule has 0 aliphatic carbocycles. The maximum atomic E-state index is 11.2. The van der Waals surface area contributed by atoms with Crippen molar-refractivity contribution < 1.29 is 9.90 Å². The molecule has 3 heterocycles. The Balaban J connectivity index is 1.93. The average Bonchev–Trinajstić information content (AvgIpc) is 2.85. The number of nitrogens with zero attached hydrogens (tertiary/aromatic N) is 3. The van der Waals surface area contributed by atoms with Crippen LogP contribution in [0.1, 0.15) is 25.1 Å². The van der Waals surface area contributed by atoms with Crippen molar-refractivity contribution in [3.05, 3.63) is 18.1 Å². The van der Waals surface area contributed by atoms with Crippen LogP contribution in [0.2, 0.25) is 0 Å². The molecule has 1 aromatic heterocycles. The van der Waals surface area contributed by atoms with E-state index in [2.05, 4.69) is 14.9 Å². The van der Waals surface area contributed by atoms with Gasteiger partial charge in [-0.25, -0.2) is 9.97 Å². The summed E-state index contributed by atoms with van der Waals surface area (Å²) in [5.74, 6) is 0.714. The van der Waals surface area contributed by atoms with Crippen LogP contribution in [0.25, 0.3) is 0 Å². The van der Waals surface area contributed by atoms with Gasteiger partial charge in [0.1, 0.15) is 11.6 Å². The molecule has 2 aliphatic heterocycles. The Morgan fingerprint density at radius 3 is 3.00 bits per heavy atom. The van der Waals surface area contributed by atoms with E-state index in [4.69, 9.17) is 0 Å². The molecule has 0 amide bonds. The van der Waals surface area contributed by atoms with Crippen molar-refractivity contribution in [1.82, 2.24) is 9.97 Å². The van der Waals surface area contributed by atoms with Crippen molar-refractivity contribution in [3.8, 4) is 0 Å². The standard InChI is InChI=1S/C12H15N3O2/c1-7-13-5-4-11(14-7)15-8-2-3-10(15)9(6-8)12(16)17/h4-5,8-10H,2-3,6H2,1H3,(H,16,17). The minimum Gasteiger partial charge on any atom is -0.481 e. The average molecular weight is 233 g/mol. The fraction of sp³-hybridized carbons (Fsp3) is 0.583. The summed E-state index contributed by atoms with van der Waals surface area (Å²) >= 11 is 0. The van der Waals surface area contributed by atoms with Crippen molar-refractivity contribution >= 4 is 11.8 Å². The quantitative estimate of drug-likeness (QED) is 0.832. The molecule has 0 radical (unpaired) electrons. The fourth-order valence-corrected chi connectivity index (χ4v) is 3.20. The van der Waals surface area contributed by atoms with Crippen molar-refractivity contribution in [3.63, 3.8) is 0 Å².